The zero-order chi connectivity index (χ0) is 18.5. The van der Waals surface area contributed by atoms with Gasteiger partial charge in [0, 0.05) is 36.4 Å². The van der Waals surface area contributed by atoms with E-state index in [4.69, 9.17) is 0 Å². The van der Waals surface area contributed by atoms with Gasteiger partial charge >= 0.3 is 0 Å². The zero-order valence-corrected chi connectivity index (χ0v) is 14.6. The number of pyridine rings is 1. The van der Waals surface area contributed by atoms with Crippen LogP contribution in [0.4, 0.5) is 5.82 Å². The van der Waals surface area contributed by atoms with Gasteiger partial charge in [0.1, 0.15) is 6.54 Å². The summed E-state index contributed by atoms with van der Waals surface area (Å²) >= 11 is 0. The molecule has 0 aliphatic rings. The number of amides is 1. The molecule has 0 aliphatic carbocycles. The first kappa shape index (κ1) is 16.7. The van der Waals surface area contributed by atoms with E-state index in [9.17, 15) is 4.79 Å². The van der Waals surface area contributed by atoms with Crippen LogP contribution in [-0.4, -0.2) is 30.5 Å². The molecule has 1 aromatic carbocycles. The number of carbonyl (C=O) groups is 1. The number of anilines is 1. The van der Waals surface area contributed by atoms with Gasteiger partial charge in [-0.3, -0.25) is 19.1 Å². The van der Waals surface area contributed by atoms with Gasteiger partial charge in [0.05, 0.1) is 12.7 Å². The van der Waals surface area contributed by atoms with Crippen LogP contribution in [0.1, 0.15) is 5.56 Å². The maximum absolute atomic E-state index is 12.3. The fraction of sp³-hybridized carbons (Fsp3) is 0.100. The molecule has 0 saturated carbocycles. The normalized spacial score (nSPS) is 10.7. The molecule has 0 saturated heterocycles. The molecule has 3 heterocycles. The number of nitrogens with zero attached hydrogens (tertiary/aromatic N) is 5. The second-order valence-corrected chi connectivity index (χ2v) is 6.09. The zero-order valence-electron chi connectivity index (χ0n) is 14.6. The second kappa shape index (κ2) is 7.65. The maximum atomic E-state index is 12.3. The minimum absolute atomic E-state index is 0.122. The Hall–Kier alpha value is -3.74. The van der Waals surface area contributed by atoms with E-state index in [0.717, 1.165) is 16.7 Å². The summed E-state index contributed by atoms with van der Waals surface area (Å²) in [7, 11) is 0. The van der Waals surface area contributed by atoms with Gasteiger partial charge in [0.2, 0.25) is 5.91 Å². The minimum atomic E-state index is -0.177. The third-order valence-corrected chi connectivity index (χ3v) is 4.05. The largest absolute Gasteiger partial charge is 0.308 e. The van der Waals surface area contributed by atoms with Crippen LogP contribution < -0.4 is 5.32 Å². The van der Waals surface area contributed by atoms with Crippen molar-refractivity contribution in [3.63, 3.8) is 0 Å². The molecular formula is C20H18N6O. The minimum Gasteiger partial charge on any atom is -0.308 e. The third kappa shape index (κ3) is 4.27. The van der Waals surface area contributed by atoms with Crippen molar-refractivity contribution in [2.24, 2.45) is 0 Å². The molecular weight excluding hydrogens is 340 g/mol. The van der Waals surface area contributed by atoms with Crippen LogP contribution >= 0.6 is 0 Å². The Morgan fingerprint density at radius 2 is 1.78 bits per heavy atom. The van der Waals surface area contributed by atoms with Crippen LogP contribution in [0.3, 0.4) is 0 Å². The van der Waals surface area contributed by atoms with E-state index in [-0.39, 0.29) is 12.5 Å². The molecule has 4 rings (SSSR count). The summed E-state index contributed by atoms with van der Waals surface area (Å²) in [5, 5.41) is 11.4. The Labute approximate surface area is 156 Å². The number of nitrogens with one attached hydrogen (secondary N) is 1. The topological polar surface area (TPSA) is 77.6 Å². The first-order chi connectivity index (χ1) is 13.3. The SMILES string of the molecule is O=C(Cn1cc(-c2ccncc2)cn1)Nc1ccn(Cc2ccccc2)n1. The average Bonchev–Trinajstić information content (AvgIpc) is 3.33. The van der Waals surface area contributed by atoms with Gasteiger partial charge in [-0.25, -0.2) is 0 Å². The monoisotopic (exact) mass is 358 g/mol. The van der Waals surface area contributed by atoms with Gasteiger partial charge in [-0.1, -0.05) is 30.3 Å². The number of benzene rings is 1. The predicted molar refractivity (Wildman–Crippen MR) is 102 cm³/mol. The second-order valence-electron chi connectivity index (χ2n) is 6.09. The molecule has 0 unspecified atom stereocenters. The van der Waals surface area contributed by atoms with Crippen molar-refractivity contribution in [2.75, 3.05) is 5.32 Å². The van der Waals surface area contributed by atoms with Crippen LogP contribution in [-0.2, 0) is 17.9 Å². The summed E-state index contributed by atoms with van der Waals surface area (Å²) in [5.41, 5.74) is 3.10. The summed E-state index contributed by atoms with van der Waals surface area (Å²) in [5.74, 6) is 0.349. The van der Waals surface area contributed by atoms with Crippen molar-refractivity contribution in [3.05, 3.63) is 85.1 Å². The molecule has 7 heteroatoms. The van der Waals surface area contributed by atoms with Crippen molar-refractivity contribution in [2.45, 2.75) is 13.1 Å². The van der Waals surface area contributed by atoms with Crippen LogP contribution in [0.5, 0.6) is 0 Å². The number of hydrogen-bond acceptors (Lipinski definition) is 4. The molecule has 1 N–H and O–H groups in total. The fourth-order valence-corrected chi connectivity index (χ4v) is 2.76. The van der Waals surface area contributed by atoms with Gasteiger partial charge in [-0.05, 0) is 23.3 Å². The Bertz CT molecular complexity index is 1020. The highest BCUT2D eigenvalue weighted by Gasteiger charge is 2.08. The number of aromatic nitrogens is 5. The van der Waals surface area contributed by atoms with Crippen LogP contribution in [0.25, 0.3) is 11.1 Å². The molecule has 134 valence electrons. The maximum Gasteiger partial charge on any atom is 0.247 e. The van der Waals surface area contributed by atoms with Gasteiger partial charge in [-0.15, -0.1) is 0 Å². The Morgan fingerprint density at radius 1 is 0.963 bits per heavy atom. The fourth-order valence-electron chi connectivity index (χ4n) is 2.76. The lowest BCUT2D eigenvalue weighted by atomic mass is 10.1. The summed E-state index contributed by atoms with van der Waals surface area (Å²) < 4.78 is 3.40. The van der Waals surface area contributed by atoms with Gasteiger partial charge in [-0.2, -0.15) is 10.2 Å². The first-order valence-corrected chi connectivity index (χ1v) is 8.56. The molecule has 0 radical (unpaired) electrons. The third-order valence-electron chi connectivity index (χ3n) is 4.05. The molecule has 0 bridgehead atoms. The summed E-state index contributed by atoms with van der Waals surface area (Å²) in [6.07, 6.45) is 8.87. The molecule has 27 heavy (non-hydrogen) atoms. The highest BCUT2D eigenvalue weighted by atomic mass is 16.2. The molecule has 0 aliphatic heterocycles. The Morgan fingerprint density at radius 3 is 2.59 bits per heavy atom. The van der Waals surface area contributed by atoms with E-state index in [1.807, 2.05) is 54.9 Å². The molecule has 0 fully saturated rings. The van der Waals surface area contributed by atoms with E-state index < -0.39 is 0 Å². The lowest BCUT2D eigenvalue weighted by molar-refractivity contribution is -0.116. The van der Waals surface area contributed by atoms with Gasteiger partial charge in [0.15, 0.2) is 5.82 Å². The molecule has 4 aromatic rings. The van der Waals surface area contributed by atoms with Crippen molar-refractivity contribution in [1.29, 1.82) is 0 Å². The average molecular weight is 358 g/mol. The molecule has 0 atom stereocenters. The van der Waals surface area contributed by atoms with Crippen LogP contribution in [0, 0.1) is 0 Å². The quantitative estimate of drug-likeness (QED) is 0.575. The van der Waals surface area contributed by atoms with Crippen molar-refractivity contribution < 1.29 is 4.79 Å². The Kier molecular flexibility index (Phi) is 4.74. The molecule has 0 spiro atoms. The molecule has 1 amide bonds. The molecule has 7 nitrogen and oxygen atoms in total. The van der Waals surface area contributed by atoms with Crippen molar-refractivity contribution in [3.8, 4) is 11.1 Å². The van der Waals surface area contributed by atoms with Gasteiger partial charge < -0.3 is 5.32 Å². The highest BCUT2D eigenvalue weighted by molar-refractivity contribution is 5.89. The standard InChI is InChI=1S/C20H18N6O/c27-20(15-26-14-18(12-22-26)17-6-9-21-10-7-17)23-19-8-11-25(24-19)13-16-4-2-1-3-5-16/h1-12,14H,13,15H2,(H,23,24,27). The summed E-state index contributed by atoms with van der Waals surface area (Å²) in [4.78, 5) is 16.3. The van der Waals surface area contributed by atoms with Crippen molar-refractivity contribution in [1.82, 2.24) is 24.5 Å². The summed E-state index contributed by atoms with van der Waals surface area (Å²) in [6.45, 7) is 0.780. The highest BCUT2D eigenvalue weighted by Crippen LogP contribution is 2.16. The van der Waals surface area contributed by atoms with Gasteiger partial charge in [0.25, 0.3) is 0 Å². The Balaban J connectivity index is 1.35. The first-order valence-electron chi connectivity index (χ1n) is 8.56. The van der Waals surface area contributed by atoms with E-state index in [2.05, 4.69) is 20.5 Å². The number of hydrogen-bond donors (Lipinski definition) is 1. The van der Waals surface area contributed by atoms with E-state index in [1.54, 1.807) is 34.0 Å². The number of rotatable bonds is 6. The lowest BCUT2D eigenvalue weighted by Crippen LogP contribution is -2.19. The van der Waals surface area contributed by atoms with Crippen molar-refractivity contribution >= 4 is 11.7 Å². The van der Waals surface area contributed by atoms with E-state index in [1.165, 1.54) is 0 Å². The molecule has 3 aromatic heterocycles. The van der Waals surface area contributed by atoms with Crippen LogP contribution in [0.2, 0.25) is 0 Å². The smallest absolute Gasteiger partial charge is 0.247 e. The lowest BCUT2D eigenvalue weighted by Gasteiger charge is -2.03. The van der Waals surface area contributed by atoms with E-state index >= 15 is 0 Å². The summed E-state index contributed by atoms with van der Waals surface area (Å²) in [6, 6.07) is 15.6. The predicted octanol–water partition coefficient (Wildman–Crippen LogP) is 2.83. The number of carbonyl (C=O) groups excluding carboxylic acids is 1. The van der Waals surface area contributed by atoms with Crippen LogP contribution in [0.15, 0.2) is 79.5 Å². The van der Waals surface area contributed by atoms with E-state index in [0.29, 0.717) is 12.4 Å².